The van der Waals surface area contributed by atoms with Gasteiger partial charge in [-0.05, 0) is 37.0 Å². The molecule has 1 aromatic rings. The molecule has 1 unspecified atom stereocenters. The number of hydrogen-bond acceptors (Lipinski definition) is 3. The van der Waals surface area contributed by atoms with E-state index in [4.69, 9.17) is 10.4 Å². The first-order valence-electron chi connectivity index (χ1n) is 5.50. The third-order valence-electron chi connectivity index (χ3n) is 2.56. The smallest absolute Gasteiger partial charge is 0.335 e. The van der Waals surface area contributed by atoms with Crippen LogP contribution >= 0.6 is 0 Å². The minimum Gasteiger partial charge on any atom is -0.478 e. The molecular formula is C13H15NO3. The number of aromatic carboxylic acids is 1. The second-order valence-corrected chi connectivity index (χ2v) is 3.89. The molecule has 0 bridgehead atoms. The predicted molar refractivity (Wildman–Crippen MR) is 62.6 cm³/mol. The maximum Gasteiger partial charge on any atom is 0.335 e. The van der Waals surface area contributed by atoms with Gasteiger partial charge in [-0.25, -0.2) is 4.79 Å². The van der Waals surface area contributed by atoms with E-state index in [1.54, 1.807) is 24.3 Å². The Bertz CT molecular complexity index is 406. The molecular weight excluding hydrogens is 218 g/mol. The minimum absolute atomic E-state index is 0.263. The Labute approximate surface area is 100 Å². The maximum absolute atomic E-state index is 10.6. The van der Waals surface area contributed by atoms with Gasteiger partial charge >= 0.3 is 5.97 Å². The van der Waals surface area contributed by atoms with E-state index in [0.29, 0.717) is 25.7 Å². The standard InChI is InChI=1S/C13H15NO3/c14-9-1-2-12(15)8-5-10-3-6-11(7-4-10)13(16)17/h3-4,6-7,12,15H,1-2,5,8H2,(H,16,17). The van der Waals surface area contributed by atoms with E-state index in [1.165, 1.54) is 0 Å². The molecule has 0 amide bonds. The molecule has 0 aliphatic carbocycles. The van der Waals surface area contributed by atoms with Crippen LogP contribution in [0, 0.1) is 11.3 Å². The fourth-order valence-corrected chi connectivity index (χ4v) is 1.52. The third kappa shape index (κ3) is 4.66. The molecule has 1 aromatic carbocycles. The lowest BCUT2D eigenvalue weighted by molar-refractivity contribution is 0.0697. The van der Waals surface area contributed by atoms with Crippen LogP contribution in [0.25, 0.3) is 0 Å². The van der Waals surface area contributed by atoms with Crippen LogP contribution in [0.2, 0.25) is 0 Å². The fraction of sp³-hybridized carbons (Fsp3) is 0.385. The van der Waals surface area contributed by atoms with Crippen molar-refractivity contribution in [2.45, 2.75) is 31.8 Å². The topological polar surface area (TPSA) is 81.3 Å². The number of nitriles is 1. The largest absolute Gasteiger partial charge is 0.478 e. The molecule has 17 heavy (non-hydrogen) atoms. The highest BCUT2D eigenvalue weighted by Crippen LogP contribution is 2.10. The Balaban J connectivity index is 2.42. The number of aliphatic hydroxyl groups excluding tert-OH is 1. The molecule has 0 aliphatic rings. The van der Waals surface area contributed by atoms with E-state index < -0.39 is 12.1 Å². The van der Waals surface area contributed by atoms with Gasteiger partial charge in [-0.1, -0.05) is 12.1 Å². The summed E-state index contributed by atoms with van der Waals surface area (Å²) in [7, 11) is 0. The average molecular weight is 233 g/mol. The summed E-state index contributed by atoms with van der Waals surface area (Å²) in [5, 5.41) is 26.6. The van der Waals surface area contributed by atoms with Crippen molar-refractivity contribution in [1.29, 1.82) is 5.26 Å². The SMILES string of the molecule is N#CCCC(O)CCc1ccc(C(=O)O)cc1. The van der Waals surface area contributed by atoms with Gasteiger partial charge in [-0.3, -0.25) is 0 Å². The first-order chi connectivity index (χ1) is 8.13. The zero-order valence-electron chi connectivity index (χ0n) is 9.47. The molecule has 0 radical (unpaired) electrons. The van der Waals surface area contributed by atoms with E-state index in [-0.39, 0.29) is 5.56 Å². The fourth-order valence-electron chi connectivity index (χ4n) is 1.52. The molecule has 1 rings (SSSR count). The molecule has 1 atom stereocenters. The van der Waals surface area contributed by atoms with Crippen LogP contribution in [0.5, 0.6) is 0 Å². The van der Waals surface area contributed by atoms with Gasteiger partial charge in [0.1, 0.15) is 0 Å². The summed E-state index contributed by atoms with van der Waals surface area (Å²) in [6.07, 6.45) is 1.66. The summed E-state index contributed by atoms with van der Waals surface area (Å²) in [4.78, 5) is 10.6. The Morgan fingerprint density at radius 1 is 1.29 bits per heavy atom. The van der Waals surface area contributed by atoms with Gasteiger partial charge in [0.2, 0.25) is 0 Å². The van der Waals surface area contributed by atoms with Gasteiger partial charge < -0.3 is 10.2 Å². The molecule has 0 saturated carbocycles. The van der Waals surface area contributed by atoms with Crippen LogP contribution in [0.15, 0.2) is 24.3 Å². The Hall–Kier alpha value is -1.86. The van der Waals surface area contributed by atoms with Gasteiger partial charge in [0, 0.05) is 6.42 Å². The third-order valence-corrected chi connectivity index (χ3v) is 2.56. The number of hydrogen-bond donors (Lipinski definition) is 2. The van der Waals surface area contributed by atoms with Gasteiger partial charge in [0.25, 0.3) is 0 Å². The lowest BCUT2D eigenvalue weighted by Gasteiger charge is -2.08. The zero-order chi connectivity index (χ0) is 12.7. The van der Waals surface area contributed by atoms with E-state index in [0.717, 1.165) is 5.56 Å². The van der Waals surface area contributed by atoms with Crippen molar-refractivity contribution >= 4 is 5.97 Å². The number of carboxylic acid groups (broad SMARTS) is 1. The second kappa shape index (κ2) is 6.66. The first-order valence-corrected chi connectivity index (χ1v) is 5.50. The van der Waals surface area contributed by atoms with Gasteiger partial charge in [-0.2, -0.15) is 5.26 Å². The van der Waals surface area contributed by atoms with Gasteiger partial charge in [0.05, 0.1) is 17.7 Å². The average Bonchev–Trinajstić information content (AvgIpc) is 2.34. The highest BCUT2D eigenvalue weighted by atomic mass is 16.4. The molecule has 4 heteroatoms. The van der Waals surface area contributed by atoms with Crippen molar-refractivity contribution in [1.82, 2.24) is 0 Å². The molecule has 0 aliphatic heterocycles. The monoisotopic (exact) mass is 233 g/mol. The summed E-state index contributed by atoms with van der Waals surface area (Å²) >= 11 is 0. The number of aliphatic hydroxyl groups is 1. The van der Waals surface area contributed by atoms with Crippen molar-refractivity contribution in [3.05, 3.63) is 35.4 Å². The minimum atomic E-state index is -0.939. The highest BCUT2D eigenvalue weighted by Gasteiger charge is 2.05. The zero-order valence-corrected chi connectivity index (χ0v) is 9.47. The van der Waals surface area contributed by atoms with Crippen LogP contribution < -0.4 is 0 Å². The molecule has 4 nitrogen and oxygen atoms in total. The Morgan fingerprint density at radius 2 is 1.94 bits per heavy atom. The molecule has 0 saturated heterocycles. The molecule has 2 N–H and O–H groups in total. The van der Waals surface area contributed by atoms with Crippen molar-refractivity contribution < 1.29 is 15.0 Å². The van der Waals surface area contributed by atoms with Crippen LogP contribution in [0.1, 0.15) is 35.2 Å². The normalized spacial score (nSPS) is 11.8. The predicted octanol–water partition coefficient (Wildman–Crippen LogP) is 1.98. The number of rotatable bonds is 6. The van der Waals surface area contributed by atoms with Crippen LogP contribution in [-0.4, -0.2) is 22.3 Å². The van der Waals surface area contributed by atoms with Crippen LogP contribution in [-0.2, 0) is 6.42 Å². The van der Waals surface area contributed by atoms with Crippen LogP contribution in [0.4, 0.5) is 0 Å². The van der Waals surface area contributed by atoms with E-state index in [9.17, 15) is 9.90 Å². The summed E-state index contributed by atoms with van der Waals surface area (Å²) in [6.45, 7) is 0. The lowest BCUT2D eigenvalue weighted by atomic mass is 10.0. The van der Waals surface area contributed by atoms with E-state index >= 15 is 0 Å². The lowest BCUT2D eigenvalue weighted by Crippen LogP contribution is -2.07. The Morgan fingerprint density at radius 3 is 2.47 bits per heavy atom. The molecule has 90 valence electrons. The molecule has 0 heterocycles. The molecule has 0 spiro atoms. The van der Waals surface area contributed by atoms with Crippen molar-refractivity contribution in [2.24, 2.45) is 0 Å². The molecule has 0 fully saturated rings. The summed E-state index contributed by atoms with van der Waals surface area (Å²) in [5.74, 6) is -0.939. The quantitative estimate of drug-likeness (QED) is 0.787. The van der Waals surface area contributed by atoms with Crippen molar-refractivity contribution in [2.75, 3.05) is 0 Å². The number of aryl methyl sites for hydroxylation is 1. The highest BCUT2D eigenvalue weighted by molar-refractivity contribution is 5.87. The summed E-state index contributed by atoms with van der Waals surface area (Å²) in [5.41, 5.74) is 1.25. The number of carbonyl (C=O) groups is 1. The molecule has 0 aromatic heterocycles. The number of nitrogens with zero attached hydrogens (tertiary/aromatic N) is 1. The summed E-state index contributed by atoms with van der Waals surface area (Å²) < 4.78 is 0. The van der Waals surface area contributed by atoms with Crippen molar-refractivity contribution in [3.63, 3.8) is 0 Å². The van der Waals surface area contributed by atoms with E-state index in [1.807, 2.05) is 6.07 Å². The summed E-state index contributed by atoms with van der Waals surface area (Å²) in [6, 6.07) is 8.60. The number of carboxylic acids is 1. The number of benzene rings is 1. The van der Waals surface area contributed by atoms with Crippen LogP contribution in [0.3, 0.4) is 0 Å². The first kappa shape index (κ1) is 13.2. The van der Waals surface area contributed by atoms with E-state index in [2.05, 4.69) is 0 Å². The maximum atomic E-state index is 10.6. The Kier molecular flexibility index (Phi) is 5.18. The van der Waals surface area contributed by atoms with Crippen molar-refractivity contribution in [3.8, 4) is 6.07 Å². The second-order valence-electron chi connectivity index (χ2n) is 3.89. The van der Waals surface area contributed by atoms with Gasteiger partial charge in [-0.15, -0.1) is 0 Å². The van der Waals surface area contributed by atoms with Gasteiger partial charge in [0.15, 0.2) is 0 Å².